The van der Waals surface area contributed by atoms with Crippen molar-refractivity contribution in [2.24, 2.45) is 5.73 Å². The summed E-state index contributed by atoms with van der Waals surface area (Å²) < 4.78 is 47.2. The Morgan fingerprint density at radius 1 is 0.697 bits per heavy atom. The van der Waals surface area contributed by atoms with Gasteiger partial charge in [0.1, 0.15) is 36.1 Å². The number of nitrogens with one attached hydrogen (secondary N) is 1. The van der Waals surface area contributed by atoms with Crippen LogP contribution in [0, 0.1) is 11.6 Å². The summed E-state index contributed by atoms with van der Waals surface area (Å²) in [6.45, 7) is -3.67. The first-order valence-corrected chi connectivity index (χ1v) is 18.9. The van der Waals surface area contributed by atoms with Crippen molar-refractivity contribution in [1.82, 2.24) is 5.32 Å². The number of phenols is 1. The van der Waals surface area contributed by atoms with Gasteiger partial charge in [-0.3, -0.25) is 9.59 Å². The summed E-state index contributed by atoms with van der Waals surface area (Å²) in [5.74, 6) is -10.5. The van der Waals surface area contributed by atoms with Crippen LogP contribution in [-0.4, -0.2) is 87.4 Å². The Morgan fingerprint density at radius 2 is 1.29 bits per heavy atom. The number of aromatic hydroxyl groups is 1. The number of ether oxygens (including phenoxy) is 2. The summed E-state index contributed by atoms with van der Waals surface area (Å²) in [7, 11) is 0. The minimum atomic E-state index is -1.68. The van der Waals surface area contributed by atoms with Crippen LogP contribution in [0.4, 0.5) is 20.2 Å². The number of amides is 1. The molecule has 3 aromatic carbocycles. The SMILES string of the molecule is NCCCCCNC(=O)Cc1ccc(OCCOc2cc(-c3c4cc(F)c(=O)cc-4oc4cc(O)c(F)cc34)ccc2N(CC(=O)[O-])CC(=O)[O-])c(N(CC(=O)[O-])CC(=O)[O-])c1.[K+].[K+].[K+].[K+]. The molecule has 0 spiro atoms. The molecule has 328 valence electrons. The van der Waals surface area contributed by atoms with Crippen LogP contribution in [0.1, 0.15) is 24.8 Å². The third-order valence-corrected chi connectivity index (χ3v) is 9.24. The number of carbonyl (C=O) groups is 5. The molecule has 3 aromatic rings. The monoisotopic (exact) mass is 1020 g/mol. The van der Waals surface area contributed by atoms with E-state index in [2.05, 4.69) is 5.32 Å². The number of carbonyl (C=O) groups excluding carboxylic acids is 5. The van der Waals surface area contributed by atoms with Gasteiger partial charge in [-0.15, -0.1) is 0 Å². The average molecular weight is 1020 g/mol. The van der Waals surface area contributed by atoms with E-state index in [-0.39, 0.29) is 281 Å². The summed E-state index contributed by atoms with van der Waals surface area (Å²) in [5, 5.41) is 59.6. The number of anilines is 2. The van der Waals surface area contributed by atoms with Crippen molar-refractivity contribution in [3.05, 3.63) is 88.1 Å². The third-order valence-electron chi connectivity index (χ3n) is 9.24. The predicted molar refractivity (Wildman–Crippen MR) is 208 cm³/mol. The largest absolute Gasteiger partial charge is 1.00 e. The standard InChI is InChI=1S/C42H42F2N4O14.4K/c43-27-15-25-34(17-31(27)49)62-35-18-32(50)28(44)16-26(35)42(25)24-5-6-29(47(19-38(52)53)20-39(54)55)36(14-24)61-11-10-60-33-7-4-23(13-37(51)46-9-3-1-2-8-45)12-30(33)48(21-40(56)57)22-41(58)59;;;;/h4-7,12,14-18,49H,1-3,8-11,13,19-22,45H2,(H,46,51)(H,52,53)(H,54,55)(H,56,57)(H,58,59);;;;/q;4*+1/p-4. The van der Waals surface area contributed by atoms with E-state index in [1.807, 2.05) is 0 Å². The number of carboxylic acids is 4. The van der Waals surface area contributed by atoms with Crippen LogP contribution in [0.25, 0.3) is 33.4 Å². The number of phenolic OH excluding ortho intramolecular Hbond substituents is 1. The number of nitrogens with two attached hydrogens (primary N) is 1. The number of halogens is 2. The molecule has 0 saturated heterocycles. The molecule has 5 rings (SSSR count). The van der Waals surface area contributed by atoms with Gasteiger partial charge in [0.05, 0.1) is 67.9 Å². The normalized spacial score (nSPS) is 10.3. The summed E-state index contributed by atoms with van der Waals surface area (Å²) in [4.78, 5) is 73.4. The average Bonchev–Trinajstić information content (AvgIpc) is 3.19. The van der Waals surface area contributed by atoms with E-state index in [1.54, 1.807) is 0 Å². The van der Waals surface area contributed by atoms with Gasteiger partial charge in [0, 0.05) is 35.2 Å². The number of nitrogens with zero attached hydrogens (tertiary/aromatic N) is 2. The van der Waals surface area contributed by atoms with E-state index in [1.165, 1.54) is 36.4 Å². The Hall–Kier alpha value is -0.935. The Bertz CT molecular complexity index is 2500. The number of fused-ring (bicyclic) bond motifs is 2. The number of unbranched alkanes of at least 4 members (excludes halogenated alkanes) is 2. The Balaban J connectivity index is 0.00000544. The Kier molecular flexibility index (Phi) is 29.4. The van der Waals surface area contributed by atoms with E-state index in [0.29, 0.717) is 25.1 Å². The Morgan fingerprint density at radius 3 is 1.88 bits per heavy atom. The topological polar surface area (TPSA) is 291 Å². The van der Waals surface area contributed by atoms with Gasteiger partial charge in [-0.25, -0.2) is 8.78 Å². The van der Waals surface area contributed by atoms with Crippen LogP contribution in [0.5, 0.6) is 17.2 Å². The number of hydrogen-bond donors (Lipinski definition) is 3. The molecule has 66 heavy (non-hydrogen) atoms. The molecule has 1 amide bonds. The van der Waals surface area contributed by atoms with Crippen LogP contribution in [-0.2, 0) is 30.4 Å². The zero-order valence-electron chi connectivity index (χ0n) is 36.7. The van der Waals surface area contributed by atoms with Crippen molar-refractivity contribution in [3.63, 3.8) is 0 Å². The third kappa shape index (κ3) is 18.3. The molecular formula is C42H38F2K4N4O14. The second kappa shape index (κ2) is 30.7. The fourth-order valence-corrected chi connectivity index (χ4v) is 6.60. The molecule has 0 unspecified atom stereocenters. The molecular weight excluding hydrogens is 979 g/mol. The number of rotatable bonds is 23. The second-order valence-electron chi connectivity index (χ2n) is 13.8. The first-order chi connectivity index (χ1) is 29.5. The molecule has 0 atom stereocenters. The minimum Gasteiger partial charge on any atom is -0.548 e. The quantitative estimate of drug-likeness (QED) is 0.0311. The molecule has 2 aliphatic rings. The van der Waals surface area contributed by atoms with Crippen molar-refractivity contribution in [3.8, 4) is 39.7 Å². The first kappa shape index (κ1) is 63.1. The fourth-order valence-electron chi connectivity index (χ4n) is 6.60. The van der Waals surface area contributed by atoms with Crippen molar-refractivity contribution < 1.29 is 278 Å². The van der Waals surface area contributed by atoms with Gasteiger partial charge in [-0.2, -0.15) is 0 Å². The number of aliphatic carboxylic acids is 4. The molecule has 1 aliphatic heterocycles. The zero-order valence-corrected chi connectivity index (χ0v) is 49.2. The smallest absolute Gasteiger partial charge is 0.548 e. The van der Waals surface area contributed by atoms with Gasteiger partial charge in [0.15, 0.2) is 17.4 Å². The molecule has 24 heteroatoms. The molecule has 0 radical (unpaired) electrons. The molecule has 0 fully saturated rings. The zero-order chi connectivity index (χ0) is 45.1. The molecule has 0 saturated carbocycles. The van der Waals surface area contributed by atoms with Gasteiger partial charge in [-0.1, -0.05) is 18.6 Å². The van der Waals surface area contributed by atoms with E-state index in [4.69, 9.17) is 19.6 Å². The molecule has 1 heterocycles. The molecule has 0 aromatic heterocycles. The van der Waals surface area contributed by atoms with Gasteiger partial charge < -0.3 is 79.5 Å². The van der Waals surface area contributed by atoms with E-state index < -0.39 is 79.5 Å². The van der Waals surface area contributed by atoms with Gasteiger partial charge in [0.25, 0.3) is 0 Å². The van der Waals surface area contributed by atoms with Crippen molar-refractivity contribution >= 4 is 52.1 Å². The summed E-state index contributed by atoms with van der Waals surface area (Å²) in [6.07, 6.45) is 2.12. The summed E-state index contributed by atoms with van der Waals surface area (Å²) >= 11 is 0. The predicted octanol–water partition coefficient (Wildman–Crippen LogP) is -13.6. The van der Waals surface area contributed by atoms with Gasteiger partial charge in [0.2, 0.25) is 11.3 Å². The van der Waals surface area contributed by atoms with Crippen molar-refractivity contribution in [2.45, 2.75) is 25.7 Å². The second-order valence-corrected chi connectivity index (χ2v) is 13.8. The van der Waals surface area contributed by atoms with Gasteiger partial charge in [-0.05, 0) is 66.9 Å². The Labute approximate surface area is 546 Å². The molecule has 4 N–H and O–H groups in total. The van der Waals surface area contributed by atoms with E-state index in [9.17, 15) is 63.1 Å². The van der Waals surface area contributed by atoms with Crippen LogP contribution in [0.3, 0.4) is 0 Å². The number of hydrogen-bond acceptors (Lipinski definition) is 17. The van der Waals surface area contributed by atoms with E-state index in [0.717, 1.165) is 46.9 Å². The fraction of sp³-hybridized carbons (Fsp3) is 0.286. The molecule has 18 nitrogen and oxygen atoms in total. The van der Waals surface area contributed by atoms with Crippen LogP contribution < -0.4 is 262 Å². The van der Waals surface area contributed by atoms with Crippen molar-refractivity contribution in [1.29, 1.82) is 0 Å². The van der Waals surface area contributed by atoms with Crippen LogP contribution in [0.2, 0.25) is 0 Å². The first-order valence-electron chi connectivity index (χ1n) is 18.9. The minimum absolute atomic E-state index is 0. The summed E-state index contributed by atoms with van der Waals surface area (Å²) in [6, 6.07) is 11.6. The van der Waals surface area contributed by atoms with Crippen LogP contribution in [0.15, 0.2) is 69.9 Å². The van der Waals surface area contributed by atoms with E-state index >= 15 is 0 Å². The number of carboxylic acid groups (broad SMARTS) is 4. The number of benzene rings is 4. The van der Waals surface area contributed by atoms with Crippen molar-refractivity contribution in [2.75, 3.05) is 62.3 Å². The summed E-state index contributed by atoms with van der Waals surface area (Å²) in [5.41, 5.74) is 4.65. The van der Waals surface area contributed by atoms with Gasteiger partial charge >= 0.3 is 206 Å². The maximum absolute atomic E-state index is 14.8. The maximum Gasteiger partial charge on any atom is 1.00 e. The van der Waals surface area contributed by atoms with Crippen LogP contribution >= 0.6 is 0 Å². The molecule has 0 bridgehead atoms. The molecule has 1 aliphatic carbocycles. The maximum atomic E-state index is 14.8.